The Morgan fingerprint density at radius 2 is 2.32 bits per heavy atom. The Morgan fingerprint density at radius 1 is 1.47 bits per heavy atom. The molecular formula is C13H16N2O3S. The summed E-state index contributed by atoms with van der Waals surface area (Å²) in [6, 6.07) is 5.03. The van der Waals surface area contributed by atoms with Gasteiger partial charge >= 0.3 is 5.97 Å². The number of carboxylic acids is 1. The highest BCUT2D eigenvalue weighted by molar-refractivity contribution is 7.99. The Kier molecular flexibility index (Phi) is 4.79. The van der Waals surface area contributed by atoms with E-state index in [-0.39, 0.29) is 5.91 Å². The van der Waals surface area contributed by atoms with Gasteiger partial charge in [-0.2, -0.15) is 0 Å². The predicted octanol–water partition coefficient (Wildman–Crippen LogP) is 1.39. The van der Waals surface area contributed by atoms with Crippen LogP contribution in [0.3, 0.4) is 0 Å². The number of rotatable bonds is 5. The van der Waals surface area contributed by atoms with Crippen molar-refractivity contribution in [2.75, 3.05) is 12.3 Å². The number of thioether (sulfide) groups is 1. The number of carbonyl (C=O) groups is 2. The van der Waals surface area contributed by atoms with Crippen molar-refractivity contribution in [2.45, 2.75) is 24.6 Å². The third kappa shape index (κ3) is 3.70. The Hall–Kier alpha value is -1.56. The minimum Gasteiger partial charge on any atom is -0.480 e. The van der Waals surface area contributed by atoms with Gasteiger partial charge in [0.15, 0.2) is 0 Å². The Bertz CT molecular complexity index is 452. The first-order valence-corrected chi connectivity index (χ1v) is 7.34. The summed E-state index contributed by atoms with van der Waals surface area (Å²) >= 11 is 1.47. The molecule has 2 heterocycles. The Labute approximate surface area is 116 Å². The molecule has 0 aliphatic carbocycles. The maximum atomic E-state index is 12.0. The van der Waals surface area contributed by atoms with Gasteiger partial charge in [0.25, 0.3) is 0 Å². The van der Waals surface area contributed by atoms with E-state index in [0.717, 1.165) is 12.1 Å². The number of nitrogens with zero attached hydrogens (tertiary/aromatic N) is 2. The van der Waals surface area contributed by atoms with E-state index in [1.165, 1.54) is 16.7 Å². The number of hydrogen-bond acceptors (Lipinski definition) is 4. The number of pyridine rings is 1. The van der Waals surface area contributed by atoms with Crippen LogP contribution in [0.25, 0.3) is 0 Å². The van der Waals surface area contributed by atoms with Crippen molar-refractivity contribution < 1.29 is 14.7 Å². The second-order valence-electron chi connectivity index (χ2n) is 4.40. The van der Waals surface area contributed by atoms with E-state index in [9.17, 15) is 9.59 Å². The number of aliphatic carboxylic acids is 1. The third-order valence-corrected chi connectivity index (χ3v) is 4.01. The van der Waals surface area contributed by atoms with Crippen LogP contribution in [-0.2, 0) is 15.3 Å². The van der Waals surface area contributed by atoms with Gasteiger partial charge in [0.2, 0.25) is 5.91 Å². The van der Waals surface area contributed by atoms with Crippen LogP contribution >= 0.6 is 11.8 Å². The highest BCUT2D eigenvalue weighted by Crippen LogP contribution is 2.19. The van der Waals surface area contributed by atoms with Gasteiger partial charge in [0.1, 0.15) is 6.04 Å². The predicted molar refractivity (Wildman–Crippen MR) is 72.8 cm³/mol. The van der Waals surface area contributed by atoms with Crippen LogP contribution in [0.15, 0.2) is 24.4 Å². The standard InChI is InChI=1S/C13H16N2O3S/c16-12(15-7-3-5-11(15)13(17)18)9-19-8-10-4-1-2-6-14-10/h1-2,4,6,11H,3,5,7-9H2,(H,17,18). The summed E-state index contributed by atoms with van der Waals surface area (Å²) in [5.41, 5.74) is 0.927. The fourth-order valence-corrected chi connectivity index (χ4v) is 2.95. The largest absolute Gasteiger partial charge is 0.480 e. The second-order valence-corrected chi connectivity index (χ2v) is 5.38. The molecule has 1 aromatic heterocycles. The van der Waals surface area contributed by atoms with Gasteiger partial charge < -0.3 is 10.0 Å². The number of aromatic nitrogens is 1. The molecule has 1 fully saturated rings. The number of hydrogen-bond donors (Lipinski definition) is 1. The second kappa shape index (κ2) is 6.56. The van der Waals surface area contributed by atoms with Crippen molar-refractivity contribution >= 4 is 23.6 Å². The average molecular weight is 280 g/mol. The zero-order valence-corrected chi connectivity index (χ0v) is 11.3. The molecule has 1 N–H and O–H groups in total. The number of amides is 1. The quantitative estimate of drug-likeness (QED) is 0.882. The van der Waals surface area contributed by atoms with E-state index in [1.807, 2.05) is 18.2 Å². The molecule has 5 nitrogen and oxygen atoms in total. The fourth-order valence-electron chi connectivity index (χ4n) is 2.13. The molecule has 2 rings (SSSR count). The van der Waals surface area contributed by atoms with Crippen LogP contribution in [0.2, 0.25) is 0 Å². The molecule has 1 unspecified atom stereocenters. The molecule has 0 radical (unpaired) electrons. The molecule has 0 bridgehead atoms. The Balaban J connectivity index is 1.80. The molecule has 1 amide bonds. The zero-order valence-electron chi connectivity index (χ0n) is 10.5. The van der Waals surface area contributed by atoms with Crippen LogP contribution in [0, 0.1) is 0 Å². The van der Waals surface area contributed by atoms with Gasteiger partial charge in [-0.3, -0.25) is 9.78 Å². The maximum Gasteiger partial charge on any atom is 0.326 e. The summed E-state index contributed by atoms with van der Waals surface area (Å²) in [4.78, 5) is 28.6. The first-order valence-electron chi connectivity index (χ1n) is 6.18. The average Bonchev–Trinajstić information content (AvgIpc) is 2.89. The normalized spacial score (nSPS) is 18.5. The summed E-state index contributed by atoms with van der Waals surface area (Å²) < 4.78 is 0. The topological polar surface area (TPSA) is 70.5 Å². The first-order chi connectivity index (χ1) is 9.18. The number of carboxylic acid groups (broad SMARTS) is 1. The molecule has 1 atom stereocenters. The van der Waals surface area contributed by atoms with Crippen molar-refractivity contribution in [3.63, 3.8) is 0 Å². The van der Waals surface area contributed by atoms with E-state index < -0.39 is 12.0 Å². The SMILES string of the molecule is O=C(O)C1CCCN1C(=O)CSCc1ccccn1. The molecule has 0 aromatic carbocycles. The summed E-state index contributed by atoms with van der Waals surface area (Å²) in [7, 11) is 0. The van der Waals surface area contributed by atoms with Gasteiger partial charge in [0.05, 0.1) is 11.4 Å². The molecular weight excluding hydrogens is 264 g/mol. The number of carbonyl (C=O) groups excluding carboxylic acids is 1. The van der Waals surface area contributed by atoms with Gasteiger partial charge in [0, 0.05) is 18.5 Å². The minimum absolute atomic E-state index is 0.0918. The molecule has 0 spiro atoms. The van der Waals surface area contributed by atoms with E-state index in [1.54, 1.807) is 6.20 Å². The molecule has 1 aromatic rings. The first kappa shape index (κ1) is 13.9. The Morgan fingerprint density at radius 3 is 3.00 bits per heavy atom. The van der Waals surface area contributed by atoms with Gasteiger partial charge in [-0.25, -0.2) is 4.79 Å². The molecule has 6 heteroatoms. The van der Waals surface area contributed by atoms with E-state index in [2.05, 4.69) is 4.98 Å². The lowest BCUT2D eigenvalue weighted by Gasteiger charge is -2.21. The molecule has 1 saturated heterocycles. The van der Waals surface area contributed by atoms with E-state index in [0.29, 0.717) is 24.5 Å². The summed E-state index contributed by atoms with van der Waals surface area (Å²) in [5.74, 6) is -0.0233. The van der Waals surface area contributed by atoms with E-state index >= 15 is 0 Å². The van der Waals surface area contributed by atoms with Crippen LogP contribution in [0.1, 0.15) is 18.5 Å². The van der Waals surface area contributed by atoms with Crippen molar-refractivity contribution in [1.29, 1.82) is 0 Å². The third-order valence-electron chi connectivity index (χ3n) is 3.06. The van der Waals surface area contributed by atoms with Gasteiger partial charge in [-0.1, -0.05) is 6.07 Å². The van der Waals surface area contributed by atoms with Crippen LogP contribution < -0.4 is 0 Å². The monoisotopic (exact) mass is 280 g/mol. The van der Waals surface area contributed by atoms with Gasteiger partial charge in [-0.05, 0) is 25.0 Å². The lowest BCUT2D eigenvalue weighted by atomic mass is 10.2. The zero-order chi connectivity index (χ0) is 13.7. The highest BCUT2D eigenvalue weighted by atomic mass is 32.2. The summed E-state index contributed by atoms with van der Waals surface area (Å²) in [6.45, 7) is 0.556. The summed E-state index contributed by atoms with van der Waals surface area (Å²) in [5, 5.41) is 9.03. The molecule has 1 aliphatic heterocycles. The maximum absolute atomic E-state index is 12.0. The molecule has 102 valence electrons. The van der Waals surface area contributed by atoms with Crippen molar-refractivity contribution in [1.82, 2.24) is 9.88 Å². The van der Waals surface area contributed by atoms with Crippen LogP contribution in [0.4, 0.5) is 0 Å². The van der Waals surface area contributed by atoms with Crippen LogP contribution in [-0.4, -0.2) is 45.2 Å². The smallest absolute Gasteiger partial charge is 0.326 e. The number of likely N-dealkylation sites (tertiary alicyclic amines) is 1. The van der Waals surface area contributed by atoms with Crippen molar-refractivity contribution in [3.05, 3.63) is 30.1 Å². The minimum atomic E-state index is -0.902. The summed E-state index contributed by atoms with van der Waals surface area (Å²) in [6.07, 6.45) is 3.05. The fraction of sp³-hybridized carbons (Fsp3) is 0.462. The lowest BCUT2D eigenvalue weighted by molar-refractivity contribution is -0.147. The molecule has 19 heavy (non-hydrogen) atoms. The van der Waals surface area contributed by atoms with E-state index in [4.69, 9.17) is 5.11 Å². The highest BCUT2D eigenvalue weighted by Gasteiger charge is 2.33. The van der Waals surface area contributed by atoms with Crippen molar-refractivity contribution in [3.8, 4) is 0 Å². The van der Waals surface area contributed by atoms with Gasteiger partial charge in [-0.15, -0.1) is 11.8 Å². The lowest BCUT2D eigenvalue weighted by Crippen LogP contribution is -2.41. The van der Waals surface area contributed by atoms with Crippen molar-refractivity contribution in [2.24, 2.45) is 0 Å². The van der Waals surface area contributed by atoms with Crippen LogP contribution in [0.5, 0.6) is 0 Å². The molecule has 1 aliphatic rings. The molecule has 0 saturated carbocycles.